The number of nitrogens with zero attached hydrogens (tertiary/aromatic N) is 4. The fraction of sp³-hybridized carbons (Fsp3) is 0.286. The third kappa shape index (κ3) is 4.45. The lowest BCUT2D eigenvalue weighted by molar-refractivity contribution is -0.137. The molecule has 1 aromatic carbocycles. The lowest BCUT2D eigenvalue weighted by atomic mass is 10.0. The van der Waals surface area contributed by atoms with Crippen LogP contribution in [-0.4, -0.2) is 39.8 Å². The molecule has 1 amide bonds. The topological polar surface area (TPSA) is 63.1 Å². The predicted octanol–water partition coefficient (Wildman–Crippen LogP) is 3.68. The Kier molecular flexibility index (Phi) is 5.43. The smallest absolute Gasteiger partial charge is 0.356 e. The molecule has 0 saturated carbocycles. The van der Waals surface area contributed by atoms with Gasteiger partial charge in [-0.25, -0.2) is 9.67 Å². The molecule has 4 rings (SSSR count). The average Bonchev–Trinajstić information content (AvgIpc) is 3.25. The molecule has 0 atom stereocenters. The maximum atomic E-state index is 12.7. The standard InChI is InChI=1S/C21H20F3N5O/c22-21(23,24)15-6-7-19(25-14-15)28-11-8-16(9-12-28)26-20(30)18-10-13-29(27-18)17-4-2-1-3-5-17/h1-7,10,13-14,16H,8-9,11-12H2,(H,26,30). The van der Waals surface area contributed by atoms with Crippen molar-refractivity contribution in [2.24, 2.45) is 0 Å². The molecule has 0 radical (unpaired) electrons. The minimum atomic E-state index is -4.39. The van der Waals surface area contributed by atoms with Crippen LogP contribution in [0.1, 0.15) is 28.9 Å². The van der Waals surface area contributed by atoms with Crippen molar-refractivity contribution in [3.05, 3.63) is 72.2 Å². The van der Waals surface area contributed by atoms with Crippen molar-refractivity contribution in [3.8, 4) is 5.69 Å². The van der Waals surface area contributed by atoms with Gasteiger partial charge >= 0.3 is 6.18 Å². The summed E-state index contributed by atoms with van der Waals surface area (Å²) in [5, 5.41) is 7.32. The largest absolute Gasteiger partial charge is 0.417 e. The zero-order chi connectivity index (χ0) is 21.1. The number of nitrogens with one attached hydrogen (secondary N) is 1. The van der Waals surface area contributed by atoms with Gasteiger partial charge in [-0.3, -0.25) is 4.79 Å². The first-order valence-electron chi connectivity index (χ1n) is 9.60. The number of halogens is 3. The van der Waals surface area contributed by atoms with E-state index in [1.54, 1.807) is 16.9 Å². The molecule has 1 fully saturated rings. The Balaban J connectivity index is 1.32. The molecule has 0 unspecified atom stereocenters. The summed E-state index contributed by atoms with van der Waals surface area (Å²) in [6.45, 7) is 1.20. The van der Waals surface area contributed by atoms with Gasteiger partial charge in [-0.05, 0) is 43.2 Å². The van der Waals surface area contributed by atoms with Crippen molar-refractivity contribution in [3.63, 3.8) is 0 Å². The fourth-order valence-corrected chi connectivity index (χ4v) is 3.42. The zero-order valence-corrected chi connectivity index (χ0v) is 16.0. The van der Waals surface area contributed by atoms with Crippen LogP contribution in [0, 0.1) is 0 Å². The van der Waals surface area contributed by atoms with Gasteiger partial charge in [-0.15, -0.1) is 0 Å². The van der Waals surface area contributed by atoms with Gasteiger partial charge in [0, 0.05) is 31.5 Å². The minimum Gasteiger partial charge on any atom is -0.356 e. The number of piperidine rings is 1. The molecule has 156 valence electrons. The van der Waals surface area contributed by atoms with E-state index >= 15 is 0 Å². The molecule has 0 spiro atoms. The van der Waals surface area contributed by atoms with Crippen molar-refractivity contribution in [1.82, 2.24) is 20.1 Å². The maximum Gasteiger partial charge on any atom is 0.417 e. The van der Waals surface area contributed by atoms with Gasteiger partial charge < -0.3 is 10.2 Å². The SMILES string of the molecule is O=C(NC1CCN(c2ccc(C(F)(F)F)cn2)CC1)c1ccn(-c2ccccc2)n1. The van der Waals surface area contributed by atoms with Crippen LogP contribution in [0.15, 0.2) is 60.9 Å². The summed E-state index contributed by atoms with van der Waals surface area (Å²) < 4.78 is 39.7. The Morgan fingerprint density at radius 1 is 1.03 bits per heavy atom. The summed E-state index contributed by atoms with van der Waals surface area (Å²) in [7, 11) is 0. The minimum absolute atomic E-state index is 0.0231. The van der Waals surface area contributed by atoms with Gasteiger partial charge in [0.2, 0.25) is 0 Å². The monoisotopic (exact) mass is 415 g/mol. The molecule has 1 saturated heterocycles. The van der Waals surface area contributed by atoms with Gasteiger partial charge in [0.15, 0.2) is 5.69 Å². The second-order valence-electron chi connectivity index (χ2n) is 7.12. The summed E-state index contributed by atoms with van der Waals surface area (Å²) in [5.41, 5.74) is 0.447. The van der Waals surface area contributed by atoms with Crippen LogP contribution in [0.25, 0.3) is 5.69 Å². The number of pyridine rings is 1. The molecule has 9 heteroatoms. The number of hydrogen-bond acceptors (Lipinski definition) is 4. The van der Waals surface area contributed by atoms with Crippen LogP contribution in [-0.2, 0) is 6.18 Å². The van der Waals surface area contributed by atoms with Crippen LogP contribution in [0.5, 0.6) is 0 Å². The molecule has 1 aliphatic rings. The van der Waals surface area contributed by atoms with Gasteiger partial charge in [0.05, 0.1) is 11.3 Å². The van der Waals surface area contributed by atoms with Crippen molar-refractivity contribution in [1.29, 1.82) is 0 Å². The van der Waals surface area contributed by atoms with Crippen molar-refractivity contribution < 1.29 is 18.0 Å². The maximum absolute atomic E-state index is 12.7. The second kappa shape index (κ2) is 8.17. The number of carbonyl (C=O) groups excluding carboxylic acids is 1. The van der Waals surface area contributed by atoms with Crippen molar-refractivity contribution in [2.75, 3.05) is 18.0 Å². The highest BCUT2D eigenvalue weighted by atomic mass is 19.4. The number of hydrogen-bond donors (Lipinski definition) is 1. The summed E-state index contributed by atoms with van der Waals surface area (Å²) in [4.78, 5) is 18.4. The molecule has 3 heterocycles. The Morgan fingerprint density at radius 2 is 1.77 bits per heavy atom. The summed E-state index contributed by atoms with van der Waals surface area (Å²) in [6.07, 6.45) is -0.451. The van der Waals surface area contributed by atoms with E-state index in [1.165, 1.54) is 6.07 Å². The first-order chi connectivity index (χ1) is 14.4. The Bertz CT molecular complexity index is 993. The van der Waals surface area contributed by atoms with Gasteiger partial charge in [0.1, 0.15) is 5.82 Å². The van der Waals surface area contributed by atoms with E-state index in [9.17, 15) is 18.0 Å². The predicted molar refractivity (Wildman–Crippen MR) is 106 cm³/mol. The second-order valence-corrected chi connectivity index (χ2v) is 7.12. The number of aromatic nitrogens is 3. The number of alkyl halides is 3. The number of para-hydroxylation sites is 1. The molecule has 1 aliphatic heterocycles. The number of anilines is 1. The van der Waals surface area contributed by atoms with Gasteiger partial charge in [-0.2, -0.15) is 18.3 Å². The normalized spacial score (nSPS) is 15.2. The fourth-order valence-electron chi connectivity index (χ4n) is 3.42. The van der Waals surface area contributed by atoms with Gasteiger partial charge in [-0.1, -0.05) is 18.2 Å². The highest BCUT2D eigenvalue weighted by Crippen LogP contribution is 2.29. The molecule has 0 aliphatic carbocycles. The van der Waals surface area contributed by atoms with Crippen LogP contribution in [0.4, 0.5) is 19.0 Å². The first kappa shape index (κ1) is 19.9. The molecule has 6 nitrogen and oxygen atoms in total. The number of carbonyl (C=O) groups is 1. The van der Waals surface area contributed by atoms with Crippen LogP contribution >= 0.6 is 0 Å². The molecular weight excluding hydrogens is 395 g/mol. The lowest BCUT2D eigenvalue weighted by Crippen LogP contribution is -2.45. The molecular formula is C21H20F3N5O. The highest BCUT2D eigenvalue weighted by Gasteiger charge is 2.31. The van der Waals surface area contributed by atoms with Crippen LogP contribution in [0.3, 0.4) is 0 Å². The van der Waals surface area contributed by atoms with E-state index in [1.807, 2.05) is 35.2 Å². The van der Waals surface area contributed by atoms with Crippen LogP contribution in [0.2, 0.25) is 0 Å². The van der Waals surface area contributed by atoms with Crippen molar-refractivity contribution in [2.45, 2.75) is 25.1 Å². The Labute approximate surface area is 171 Å². The third-order valence-electron chi connectivity index (χ3n) is 5.07. The Hall–Kier alpha value is -3.36. The number of amides is 1. The third-order valence-corrected chi connectivity index (χ3v) is 5.07. The summed E-state index contributed by atoms with van der Waals surface area (Å²) >= 11 is 0. The molecule has 1 N–H and O–H groups in total. The first-order valence-corrected chi connectivity index (χ1v) is 9.60. The Morgan fingerprint density at radius 3 is 2.40 bits per heavy atom. The molecule has 2 aromatic heterocycles. The summed E-state index contributed by atoms with van der Waals surface area (Å²) in [5.74, 6) is 0.269. The van der Waals surface area contributed by atoms with E-state index in [0.717, 1.165) is 18.0 Å². The van der Waals surface area contributed by atoms with E-state index in [4.69, 9.17) is 0 Å². The number of benzene rings is 1. The van der Waals surface area contributed by atoms with E-state index in [0.29, 0.717) is 37.4 Å². The van der Waals surface area contributed by atoms with Gasteiger partial charge in [0.25, 0.3) is 5.91 Å². The summed E-state index contributed by atoms with van der Waals surface area (Å²) in [6, 6.07) is 13.6. The molecule has 0 bridgehead atoms. The zero-order valence-electron chi connectivity index (χ0n) is 16.0. The van der Waals surface area contributed by atoms with E-state index in [2.05, 4.69) is 15.4 Å². The average molecular weight is 415 g/mol. The molecule has 3 aromatic rings. The molecule has 30 heavy (non-hydrogen) atoms. The van der Waals surface area contributed by atoms with Crippen molar-refractivity contribution >= 4 is 11.7 Å². The van der Waals surface area contributed by atoms with E-state index in [-0.39, 0.29) is 11.9 Å². The van der Waals surface area contributed by atoms with Crippen LogP contribution < -0.4 is 10.2 Å². The highest BCUT2D eigenvalue weighted by molar-refractivity contribution is 5.92. The lowest BCUT2D eigenvalue weighted by Gasteiger charge is -2.33. The number of rotatable bonds is 4. The van der Waals surface area contributed by atoms with E-state index < -0.39 is 11.7 Å². The quantitative estimate of drug-likeness (QED) is 0.706.